The molecular weight excluding hydrogens is 513 g/mol. The van der Waals surface area contributed by atoms with Gasteiger partial charge in [0.15, 0.2) is 0 Å². The van der Waals surface area contributed by atoms with Gasteiger partial charge in [0.25, 0.3) is 0 Å². The molecule has 0 aliphatic carbocycles. The van der Waals surface area contributed by atoms with E-state index >= 15 is 0 Å². The van der Waals surface area contributed by atoms with E-state index in [4.69, 9.17) is 27.7 Å². The molecule has 7 nitrogen and oxygen atoms in total. The molecule has 3 aromatic rings. The third-order valence-corrected chi connectivity index (χ3v) is 7.40. The van der Waals surface area contributed by atoms with Crippen LogP contribution in [0.25, 0.3) is 11.1 Å². The zero-order chi connectivity index (χ0) is 26.9. The number of nitrogens with zero attached hydrogens (tertiary/aromatic N) is 2. The van der Waals surface area contributed by atoms with Crippen molar-refractivity contribution in [1.29, 1.82) is 0 Å². The summed E-state index contributed by atoms with van der Waals surface area (Å²) in [6.07, 6.45) is -0.604. The number of amides is 2. The largest absolute Gasteiger partial charge is 0.391 e. The zero-order valence-electron chi connectivity index (χ0n) is 21.2. The molecule has 2 aromatic carbocycles. The summed E-state index contributed by atoms with van der Waals surface area (Å²) in [6.45, 7) is 7.60. The van der Waals surface area contributed by atoms with Crippen LogP contribution in [0.4, 0.5) is 0 Å². The molecule has 196 valence electrons. The van der Waals surface area contributed by atoms with Crippen molar-refractivity contribution in [3.05, 3.63) is 75.6 Å². The minimum absolute atomic E-state index is 0.0784. The Morgan fingerprint density at radius 3 is 2.32 bits per heavy atom. The van der Waals surface area contributed by atoms with Gasteiger partial charge in [0.2, 0.25) is 11.8 Å². The van der Waals surface area contributed by atoms with Crippen LogP contribution < -0.4 is 5.32 Å². The van der Waals surface area contributed by atoms with Crippen molar-refractivity contribution in [3.63, 3.8) is 0 Å². The highest BCUT2D eigenvalue weighted by atomic mass is 35.5. The summed E-state index contributed by atoms with van der Waals surface area (Å²) in [7, 11) is 0. The maximum atomic E-state index is 13.6. The van der Waals surface area contributed by atoms with Gasteiger partial charge in [-0.2, -0.15) is 0 Å². The first kappa shape index (κ1) is 27.2. The second-order valence-corrected chi connectivity index (χ2v) is 10.8. The SMILES string of the molecule is Cc1cc([C@H](C(=O)N2C[C@H](O)C[C@H]2C(=O)N[C@@H](C)c2ccc(-c3c(Cl)cccc3Cl)cc2)C(C)C)on1. The zero-order valence-corrected chi connectivity index (χ0v) is 22.8. The number of carbonyl (C=O) groups excluding carboxylic acids is 2. The standard InChI is InChI=1S/C28H31Cl2N3O4/c1-15(2)25(24-12-16(3)32-37-24)28(36)33-14-20(34)13-23(33)27(35)31-17(4)18-8-10-19(11-9-18)26-21(29)6-5-7-22(26)30/h5-12,15,17,20,23,25,34H,13-14H2,1-4H3,(H,31,35)/t17-,20+,23-,25+/m0/s1. The summed E-state index contributed by atoms with van der Waals surface area (Å²) >= 11 is 12.7. The van der Waals surface area contributed by atoms with E-state index < -0.39 is 18.1 Å². The molecule has 1 aromatic heterocycles. The Morgan fingerprint density at radius 2 is 1.76 bits per heavy atom. The molecule has 0 saturated carbocycles. The van der Waals surface area contributed by atoms with Crippen molar-refractivity contribution >= 4 is 35.0 Å². The van der Waals surface area contributed by atoms with Crippen LogP contribution in [0.2, 0.25) is 10.0 Å². The summed E-state index contributed by atoms with van der Waals surface area (Å²) < 4.78 is 5.39. The molecule has 0 bridgehead atoms. The number of carbonyl (C=O) groups is 2. The summed E-state index contributed by atoms with van der Waals surface area (Å²) in [4.78, 5) is 28.3. The molecule has 0 spiro atoms. The molecule has 0 radical (unpaired) electrons. The van der Waals surface area contributed by atoms with Gasteiger partial charge in [0, 0.05) is 34.6 Å². The van der Waals surface area contributed by atoms with Crippen molar-refractivity contribution in [2.75, 3.05) is 6.54 Å². The Balaban J connectivity index is 1.49. The number of likely N-dealkylation sites (tertiary alicyclic amines) is 1. The molecule has 1 aliphatic heterocycles. The minimum atomic E-state index is -0.781. The van der Waals surface area contributed by atoms with Crippen LogP contribution in [0.3, 0.4) is 0 Å². The maximum Gasteiger partial charge on any atom is 0.243 e. The molecule has 1 saturated heterocycles. The van der Waals surface area contributed by atoms with Gasteiger partial charge in [0.1, 0.15) is 17.7 Å². The van der Waals surface area contributed by atoms with Crippen LogP contribution in [-0.4, -0.2) is 45.7 Å². The van der Waals surface area contributed by atoms with E-state index in [1.807, 2.05) is 45.0 Å². The van der Waals surface area contributed by atoms with Crippen molar-refractivity contribution < 1.29 is 19.2 Å². The number of hydrogen-bond donors (Lipinski definition) is 2. The van der Waals surface area contributed by atoms with E-state index in [0.717, 1.165) is 16.7 Å². The summed E-state index contributed by atoms with van der Waals surface area (Å²) in [5, 5.41) is 18.4. The molecular formula is C28H31Cl2N3O4. The third kappa shape index (κ3) is 5.84. The first-order chi connectivity index (χ1) is 17.6. The van der Waals surface area contributed by atoms with Crippen LogP contribution in [0.5, 0.6) is 0 Å². The average molecular weight is 544 g/mol. The van der Waals surface area contributed by atoms with Gasteiger partial charge >= 0.3 is 0 Å². The van der Waals surface area contributed by atoms with Crippen LogP contribution in [-0.2, 0) is 9.59 Å². The lowest BCUT2D eigenvalue weighted by Gasteiger charge is -2.29. The maximum absolute atomic E-state index is 13.6. The van der Waals surface area contributed by atoms with Crippen LogP contribution in [0, 0.1) is 12.8 Å². The second kappa shape index (κ2) is 11.3. The highest BCUT2D eigenvalue weighted by Crippen LogP contribution is 2.35. The van der Waals surface area contributed by atoms with Crippen molar-refractivity contribution in [2.24, 2.45) is 5.92 Å². The quantitative estimate of drug-likeness (QED) is 0.408. The molecule has 2 amide bonds. The van der Waals surface area contributed by atoms with E-state index in [0.29, 0.717) is 21.5 Å². The van der Waals surface area contributed by atoms with E-state index in [1.165, 1.54) is 4.90 Å². The Kier molecular flexibility index (Phi) is 8.26. The Morgan fingerprint density at radius 1 is 1.11 bits per heavy atom. The van der Waals surface area contributed by atoms with E-state index in [1.54, 1.807) is 31.2 Å². The number of aliphatic hydroxyl groups excluding tert-OH is 1. The molecule has 37 heavy (non-hydrogen) atoms. The highest BCUT2D eigenvalue weighted by molar-refractivity contribution is 6.39. The van der Waals surface area contributed by atoms with Crippen molar-refractivity contribution in [3.8, 4) is 11.1 Å². The predicted molar refractivity (Wildman–Crippen MR) is 143 cm³/mol. The fourth-order valence-electron chi connectivity index (χ4n) is 4.85. The fourth-order valence-corrected chi connectivity index (χ4v) is 5.47. The number of aliphatic hydroxyl groups is 1. The van der Waals surface area contributed by atoms with Gasteiger partial charge in [-0.1, -0.05) is 72.5 Å². The summed E-state index contributed by atoms with van der Waals surface area (Å²) in [5.74, 6) is -0.776. The van der Waals surface area contributed by atoms with Crippen LogP contribution in [0.1, 0.15) is 56.2 Å². The monoisotopic (exact) mass is 543 g/mol. The molecule has 1 fully saturated rings. The van der Waals surface area contributed by atoms with E-state index in [2.05, 4.69) is 10.5 Å². The van der Waals surface area contributed by atoms with E-state index in [9.17, 15) is 14.7 Å². The number of aromatic nitrogens is 1. The third-order valence-electron chi connectivity index (χ3n) is 6.77. The van der Waals surface area contributed by atoms with Crippen LogP contribution in [0.15, 0.2) is 53.1 Å². The van der Waals surface area contributed by atoms with Gasteiger partial charge in [-0.05, 0) is 43.0 Å². The minimum Gasteiger partial charge on any atom is -0.391 e. The lowest BCUT2D eigenvalue weighted by molar-refractivity contribution is -0.141. The lowest BCUT2D eigenvalue weighted by Crippen LogP contribution is -2.48. The molecule has 4 rings (SSSR count). The first-order valence-electron chi connectivity index (χ1n) is 12.3. The van der Waals surface area contributed by atoms with Crippen LogP contribution >= 0.6 is 23.2 Å². The van der Waals surface area contributed by atoms with Gasteiger partial charge in [0.05, 0.1) is 17.8 Å². The number of aryl methyl sites for hydroxylation is 1. The van der Waals surface area contributed by atoms with Crippen molar-refractivity contribution in [1.82, 2.24) is 15.4 Å². The van der Waals surface area contributed by atoms with Gasteiger partial charge in [-0.3, -0.25) is 9.59 Å². The number of hydrogen-bond acceptors (Lipinski definition) is 5. The molecule has 4 atom stereocenters. The average Bonchev–Trinajstić information content (AvgIpc) is 3.44. The molecule has 0 unspecified atom stereocenters. The van der Waals surface area contributed by atoms with Gasteiger partial charge < -0.3 is 19.8 Å². The molecule has 2 heterocycles. The summed E-state index contributed by atoms with van der Waals surface area (Å²) in [6, 6.07) is 13.6. The molecule has 9 heteroatoms. The predicted octanol–water partition coefficient (Wildman–Crippen LogP) is 5.54. The topological polar surface area (TPSA) is 95.7 Å². The smallest absolute Gasteiger partial charge is 0.243 e. The fraction of sp³-hybridized carbons (Fsp3) is 0.393. The second-order valence-electron chi connectivity index (χ2n) is 9.94. The van der Waals surface area contributed by atoms with Gasteiger partial charge in [-0.25, -0.2) is 0 Å². The molecule has 2 N–H and O–H groups in total. The Labute approximate surface area is 226 Å². The first-order valence-corrected chi connectivity index (χ1v) is 13.1. The number of rotatable bonds is 7. The lowest BCUT2D eigenvalue weighted by atomic mass is 9.91. The number of β-amino-alcohol motifs (C(OH)–C–C–N with tert-alkyl or cyclic N) is 1. The highest BCUT2D eigenvalue weighted by Gasteiger charge is 2.43. The number of benzene rings is 2. The van der Waals surface area contributed by atoms with Gasteiger partial charge in [-0.15, -0.1) is 0 Å². The van der Waals surface area contributed by atoms with E-state index in [-0.39, 0.29) is 36.7 Å². The van der Waals surface area contributed by atoms with Crippen molar-refractivity contribution in [2.45, 2.75) is 58.2 Å². The Bertz CT molecular complexity index is 1250. The number of nitrogens with one attached hydrogen (secondary N) is 1. The molecule has 1 aliphatic rings. The normalized spacial score (nSPS) is 19.2. The number of halogens is 2. The Hall–Kier alpha value is -2.87. The summed E-state index contributed by atoms with van der Waals surface area (Å²) in [5.41, 5.74) is 3.19.